The van der Waals surface area contributed by atoms with Crippen LogP contribution in [-0.4, -0.2) is 59.8 Å². The third-order valence-electron chi connectivity index (χ3n) is 2.67. The van der Waals surface area contributed by atoms with E-state index in [0.717, 1.165) is 0 Å². The van der Waals surface area contributed by atoms with E-state index in [1.807, 2.05) is 0 Å². The van der Waals surface area contributed by atoms with Crippen LogP contribution >= 0.6 is 11.8 Å². The van der Waals surface area contributed by atoms with Crippen LogP contribution in [0.25, 0.3) is 0 Å². The Morgan fingerprint density at radius 1 is 1.33 bits per heavy atom. The molecule has 8 heteroatoms. The Labute approximate surface area is 128 Å². The second-order valence-electron chi connectivity index (χ2n) is 5.58. The maximum absolute atomic E-state index is 12.1. The van der Waals surface area contributed by atoms with Crippen LogP contribution in [0.5, 0.6) is 0 Å². The molecule has 1 aliphatic rings. The van der Waals surface area contributed by atoms with Crippen molar-refractivity contribution >= 4 is 29.7 Å². The Balaban J connectivity index is 2.50. The summed E-state index contributed by atoms with van der Waals surface area (Å²) in [6.07, 6.45) is -0.394. The molecule has 7 nitrogen and oxygen atoms in total. The van der Waals surface area contributed by atoms with Gasteiger partial charge in [-0.15, -0.1) is 11.8 Å². The molecule has 0 aromatic heterocycles. The SMILES string of the molecule is COC(=O)CCNC(=O)C1CSCN1C(=O)OC(C)(C)C. The van der Waals surface area contributed by atoms with Crippen LogP contribution in [0.3, 0.4) is 0 Å². The van der Waals surface area contributed by atoms with Gasteiger partial charge in [-0.25, -0.2) is 4.79 Å². The maximum atomic E-state index is 12.1. The Bertz CT molecular complexity index is 408. The monoisotopic (exact) mass is 318 g/mol. The third kappa shape index (κ3) is 5.82. The lowest BCUT2D eigenvalue weighted by atomic mass is 10.2. The summed E-state index contributed by atoms with van der Waals surface area (Å²) in [6.45, 7) is 5.52. The van der Waals surface area contributed by atoms with E-state index in [1.54, 1.807) is 20.8 Å². The zero-order valence-electron chi connectivity index (χ0n) is 12.8. The molecular formula is C13H22N2O5S. The first kappa shape index (κ1) is 17.6. The van der Waals surface area contributed by atoms with Crippen molar-refractivity contribution in [2.75, 3.05) is 25.3 Å². The summed E-state index contributed by atoms with van der Waals surface area (Å²) < 4.78 is 9.77. The molecule has 0 bridgehead atoms. The summed E-state index contributed by atoms with van der Waals surface area (Å²) in [4.78, 5) is 36.5. The quantitative estimate of drug-likeness (QED) is 0.778. The van der Waals surface area contributed by atoms with Gasteiger partial charge in [-0.05, 0) is 20.8 Å². The van der Waals surface area contributed by atoms with Crippen LogP contribution in [0.4, 0.5) is 4.79 Å². The topological polar surface area (TPSA) is 84.9 Å². The van der Waals surface area contributed by atoms with E-state index in [0.29, 0.717) is 11.6 Å². The molecule has 1 atom stereocenters. The van der Waals surface area contributed by atoms with Crippen molar-refractivity contribution < 1.29 is 23.9 Å². The number of thioether (sulfide) groups is 1. The van der Waals surface area contributed by atoms with Crippen LogP contribution in [0.15, 0.2) is 0 Å². The van der Waals surface area contributed by atoms with Crippen LogP contribution in [0.2, 0.25) is 0 Å². The highest BCUT2D eigenvalue weighted by Crippen LogP contribution is 2.23. The molecule has 1 heterocycles. The van der Waals surface area contributed by atoms with Crippen molar-refractivity contribution in [2.45, 2.75) is 38.8 Å². The highest BCUT2D eigenvalue weighted by molar-refractivity contribution is 7.99. The number of esters is 1. The molecule has 1 fully saturated rings. The highest BCUT2D eigenvalue weighted by Gasteiger charge is 2.36. The molecule has 1 saturated heterocycles. The van der Waals surface area contributed by atoms with Crippen molar-refractivity contribution in [3.05, 3.63) is 0 Å². The van der Waals surface area contributed by atoms with E-state index in [2.05, 4.69) is 10.1 Å². The fourth-order valence-electron chi connectivity index (χ4n) is 1.67. The van der Waals surface area contributed by atoms with Gasteiger partial charge < -0.3 is 14.8 Å². The van der Waals surface area contributed by atoms with E-state index in [9.17, 15) is 14.4 Å². The number of rotatable bonds is 4. The molecule has 2 amide bonds. The minimum absolute atomic E-state index is 0.106. The molecule has 1 unspecified atom stereocenters. The van der Waals surface area contributed by atoms with Gasteiger partial charge in [-0.1, -0.05) is 0 Å². The van der Waals surface area contributed by atoms with E-state index in [-0.39, 0.29) is 24.8 Å². The number of carbonyl (C=O) groups is 3. The molecule has 0 aliphatic carbocycles. The molecule has 0 radical (unpaired) electrons. The molecule has 1 aliphatic heterocycles. The summed E-state index contributed by atoms with van der Waals surface area (Å²) in [5.74, 6) is 0.266. The van der Waals surface area contributed by atoms with Crippen LogP contribution in [0.1, 0.15) is 27.2 Å². The van der Waals surface area contributed by atoms with Gasteiger partial charge in [0.15, 0.2) is 0 Å². The van der Waals surface area contributed by atoms with E-state index in [1.165, 1.54) is 23.8 Å². The fraction of sp³-hybridized carbons (Fsp3) is 0.769. The average Bonchev–Trinajstić information content (AvgIpc) is 2.85. The molecule has 0 saturated carbocycles. The van der Waals surface area contributed by atoms with E-state index in [4.69, 9.17) is 4.74 Å². The van der Waals surface area contributed by atoms with Crippen molar-refractivity contribution in [1.29, 1.82) is 0 Å². The smallest absolute Gasteiger partial charge is 0.411 e. The summed E-state index contributed by atoms with van der Waals surface area (Å²) in [5.41, 5.74) is -0.601. The number of nitrogens with one attached hydrogen (secondary N) is 1. The minimum Gasteiger partial charge on any atom is -0.469 e. The van der Waals surface area contributed by atoms with Gasteiger partial charge in [0.2, 0.25) is 5.91 Å². The third-order valence-corrected chi connectivity index (χ3v) is 3.68. The maximum Gasteiger partial charge on any atom is 0.411 e. The van der Waals surface area contributed by atoms with Crippen molar-refractivity contribution in [1.82, 2.24) is 10.2 Å². The minimum atomic E-state index is -0.601. The summed E-state index contributed by atoms with van der Waals surface area (Å²) in [5, 5.41) is 2.63. The van der Waals surface area contributed by atoms with Gasteiger partial charge in [0.1, 0.15) is 11.6 Å². The fourth-order valence-corrected chi connectivity index (χ4v) is 2.81. The van der Waals surface area contributed by atoms with Crippen molar-refractivity contribution in [2.24, 2.45) is 0 Å². The van der Waals surface area contributed by atoms with E-state index >= 15 is 0 Å². The molecule has 1 rings (SSSR count). The van der Waals surface area contributed by atoms with Gasteiger partial charge in [-0.3, -0.25) is 14.5 Å². The molecule has 120 valence electrons. The molecule has 1 N–H and O–H groups in total. The Hall–Kier alpha value is -1.44. The van der Waals surface area contributed by atoms with E-state index < -0.39 is 17.7 Å². The molecule has 0 aromatic carbocycles. The summed E-state index contributed by atoms with van der Waals surface area (Å²) >= 11 is 1.49. The first-order valence-electron chi connectivity index (χ1n) is 6.66. The zero-order valence-corrected chi connectivity index (χ0v) is 13.6. The normalized spacial score (nSPS) is 18.3. The highest BCUT2D eigenvalue weighted by atomic mass is 32.2. The predicted molar refractivity (Wildman–Crippen MR) is 78.8 cm³/mol. The molecular weight excluding hydrogens is 296 g/mol. The van der Waals surface area contributed by atoms with Gasteiger partial charge >= 0.3 is 12.1 Å². The average molecular weight is 318 g/mol. The zero-order chi connectivity index (χ0) is 16.0. The molecule has 21 heavy (non-hydrogen) atoms. The van der Waals surface area contributed by atoms with Crippen molar-refractivity contribution in [3.63, 3.8) is 0 Å². The Morgan fingerprint density at radius 2 is 2.00 bits per heavy atom. The molecule has 0 spiro atoms. The second-order valence-corrected chi connectivity index (χ2v) is 6.58. The van der Waals surface area contributed by atoms with Gasteiger partial charge in [0, 0.05) is 12.3 Å². The first-order chi connectivity index (χ1) is 9.74. The Kier molecular flexibility index (Phi) is 6.32. The number of hydrogen-bond acceptors (Lipinski definition) is 6. The van der Waals surface area contributed by atoms with Crippen LogP contribution < -0.4 is 5.32 Å². The predicted octanol–water partition coefficient (Wildman–Crippen LogP) is 0.976. The summed E-state index contributed by atoms with van der Waals surface area (Å²) in [7, 11) is 1.29. The molecule has 0 aromatic rings. The lowest BCUT2D eigenvalue weighted by molar-refractivity contribution is -0.140. The Morgan fingerprint density at radius 3 is 2.57 bits per heavy atom. The number of carbonyl (C=O) groups excluding carboxylic acids is 3. The van der Waals surface area contributed by atoms with Crippen LogP contribution in [0, 0.1) is 0 Å². The first-order valence-corrected chi connectivity index (χ1v) is 7.82. The van der Waals surface area contributed by atoms with Gasteiger partial charge in [0.25, 0.3) is 0 Å². The van der Waals surface area contributed by atoms with Gasteiger partial charge in [-0.2, -0.15) is 0 Å². The second kappa shape index (κ2) is 7.53. The number of amides is 2. The van der Waals surface area contributed by atoms with Gasteiger partial charge in [0.05, 0.1) is 19.4 Å². The standard InChI is InChI=1S/C13H22N2O5S/c1-13(2,3)20-12(18)15-8-21-7-9(15)11(17)14-6-5-10(16)19-4/h9H,5-8H2,1-4H3,(H,14,17). The lowest BCUT2D eigenvalue weighted by Crippen LogP contribution is -2.49. The largest absolute Gasteiger partial charge is 0.469 e. The van der Waals surface area contributed by atoms with Crippen molar-refractivity contribution in [3.8, 4) is 0 Å². The number of methoxy groups -OCH3 is 1. The summed E-state index contributed by atoms with van der Waals surface area (Å²) in [6, 6.07) is -0.567. The number of nitrogens with zero attached hydrogens (tertiary/aromatic N) is 1. The van der Waals surface area contributed by atoms with Crippen LogP contribution in [-0.2, 0) is 19.1 Å². The lowest BCUT2D eigenvalue weighted by Gasteiger charge is -2.27. The number of hydrogen-bond donors (Lipinski definition) is 1. The number of ether oxygens (including phenoxy) is 2.